The average molecular weight is 1190 g/mol. The Balaban J connectivity index is 0.881. The Labute approximate surface area is 510 Å². The molecule has 0 aromatic heterocycles. The van der Waals surface area contributed by atoms with Gasteiger partial charge < -0.3 is 0 Å². The normalized spacial score (nSPS) is 15.2. The molecule has 13 aromatic rings. The van der Waals surface area contributed by atoms with Crippen molar-refractivity contribution >= 4 is 53.6 Å². The van der Waals surface area contributed by atoms with Crippen molar-refractivity contribution in [2.75, 3.05) is 4.90 Å². The first-order valence-corrected chi connectivity index (χ1v) is 34.4. The summed E-state index contributed by atoms with van der Waals surface area (Å²) in [5, 5.41) is 12.7. The van der Waals surface area contributed by atoms with Crippen LogP contribution < -0.4 is 32.0 Å². The fourth-order valence-electron chi connectivity index (χ4n) is 17.4. The van der Waals surface area contributed by atoms with Crippen molar-refractivity contribution in [3.05, 3.63) is 333 Å². The summed E-state index contributed by atoms with van der Waals surface area (Å²) in [5.74, 6) is 3.09. The summed E-state index contributed by atoms with van der Waals surface area (Å²) in [4.78, 5) is 14.9. The second-order valence-electron chi connectivity index (χ2n) is 24.5. The molecule has 0 saturated heterocycles. The molecular weight excluding hydrogens is 1140 g/mol. The average Bonchev–Trinajstić information content (AvgIpc) is 0.865. The van der Waals surface area contributed by atoms with E-state index >= 15 is 0 Å². The van der Waals surface area contributed by atoms with Gasteiger partial charge in [-0.05, 0) is 0 Å². The van der Waals surface area contributed by atoms with Gasteiger partial charge in [-0.2, -0.15) is 0 Å². The van der Waals surface area contributed by atoms with Gasteiger partial charge in [-0.3, -0.25) is 0 Å². The second kappa shape index (κ2) is 17.0. The van der Waals surface area contributed by atoms with E-state index < -0.39 is 24.1 Å². The molecule has 0 bridgehead atoms. The van der Waals surface area contributed by atoms with E-state index in [0.29, 0.717) is 0 Å². The molecule has 2 spiro atoms. The predicted molar refractivity (Wildman–Crippen MR) is 353 cm³/mol. The van der Waals surface area contributed by atoms with Crippen molar-refractivity contribution in [2.24, 2.45) is 0 Å². The summed E-state index contributed by atoms with van der Waals surface area (Å²) < 4.78 is 19.7. The van der Waals surface area contributed by atoms with Crippen LogP contribution in [-0.4, -0.2) is 18.2 Å². The number of nitro benzene ring substituents is 1. The Morgan fingerprint density at radius 3 is 1.11 bits per heavy atom. The van der Waals surface area contributed by atoms with Crippen LogP contribution in [-0.2, 0) is 10.8 Å². The van der Waals surface area contributed by atoms with Gasteiger partial charge in [0.05, 0.1) is 0 Å². The quantitative estimate of drug-likeness (QED) is 0.0976. The summed E-state index contributed by atoms with van der Waals surface area (Å²) in [7, 11) is 0. The van der Waals surface area contributed by atoms with Gasteiger partial charge >= 0.3 is 514 Å². The van der Waals surface area contributed by atoms with Crippen LogP contribution in [0.1, 0.15) is 50.1 Å². The Hall–Kier alpha value is -10.8. The summed E-state index contributed by atoms with van der Waals surface area (Å²) in [5.41, 5.74) is 27.3. The zero-order valence-electron chi connectivity index (χ0n) is 47.5. The molecule has 0 saturated carbocycles. The molecule has 3 heterocycles. The summed E-state index contributed by atoms with van der Waals surface area (Å²) in [6.45, 7) is 2.13. The van der Waals surface area contributed by atoms with E-state index in [4.69, 9.17) is 9.47 Å². The number of fused-ring (bicyclic) bond motifs is 20. The Morgan fingerprint density at radius 2 is 0.727 bits per heavy atom. The molecule has 7 heteroatoms. The molecular formula is C81H48GeN2O4. The third-order valence-corrected chi connectivity index (χ3v) is 31.0. The predicted octanol–water partition coefficient (Wildman–Crippen LogP) is 17.3. The van der Waals surface area contributed by atoms with Crippen LogP contribution in [0, 0.1) is 17.0 Å². The standard InChI is InChI=1S/C81H48GeN2O4/c1-47-29-35-51(36-30-47)83-71-43-41-53(48-31-39-61-59-19-6-12-25-67(59)80(69(61)45-48)63-21-8-2-15-55(63)56-16-3-9-22-64(56)80)78-75(71)82(50-33-37-52(38-34-50)84(85)86)76-72(83)44-42-54(79(76)88-74-28-14-27-73(87-78)77(74)82)49-32-40-62-60-20-7-13-26-68(60)81(70(62)46-49)65-23-10-4-17-57(65)58-18-5-11-24-66(58)81/h2-46H,1H3. The third-order valence-electron chi connectivity index (χ3n) is 20.7. The first-order chi connectivity index (χ1) is 43.4. The maximum absolute atomic E-state index is 12.7. The van der Waals surface area contributed by atoms with Crippen molar-refractivity contribution in [3.63, 3.8) is 0 Å². The fraction of sp³-hybridized carbons (Fsp3) is 0.0370. The molecule has 4 aliphatic carbocycles. The van der Waals surface area contributed by atoms with Crippen molar-refractivity contribution < 1.29 is 14.4 Å². The van der Waals surface area contributed by atoms with Gasteiger partial charge in [0.25, 0.3) is 0 Å². The third kappa shape index (κ3) is 5.71. The fourth-order valence-corrected chi connectivity index (χ4v) is 29.0. The van der Waals surface area contributed by atoms with Gasteiger partial charge in [0, 0.05) is 0 Å². The SMILES string of the molecule is Cc1ccc(N2c3ccc(-c4ccc5c(c4)C4(c6ccccc6-c6ccccc64)c4ccccc4-5)c4[c]3[Ge]3([c]5ccc([N+](=O)[O-])cc5)[c]5c(cccc5Oc5c(-c6ccc7c(c6)C6(c8ccccc8-c8ccccc86)c6ccccc6-7)ccc2[c]53)O4)cc1. The minimum atomic E-state index is -4.62. The first-order valence-electron chi connectivity index (χ1n) is 30.2. The van der Waals surface area contributed by atoms with Crippen LogP contribution in [0.15, 0.2) is 273 Å². The van der Waals surface area contributed by atoms with Gasteiger partial charge in [-0.15, -0.1) is 0 Å². The summed E-state index contributed by atoms with van der Waals surface area (Å²) >= 11 is -4.62. The van der Waals surface area contributed by atoms with Crippen LogP contribution in [0.25, 0.3) is 66.8 Å². The molecule has 6 nitrogen and oxygen atoms in total. The number of nitro groups is 1. The van der Waals surface area contributed by atoms with Crippen molar-refractivity contribution in [2.45, 2.75) is 17.8 Å². The zero-order valence-corrected chi connectivity index (χ0v) is 49.6. The molecule has 0 radical (unpaired) electrons. The topological polar surface area (TPSA) is 64.8 Å². The summed E-state index contributed by atoms with van der Waals surface area (Å²) in [6.07, 6.45) is 0. The van der Waals surface area contributed by atoms with Gasteiger partial charge in [0.15, 0.2) is 0 Å². The van der Waals surface area contributed by atoms with Crippen molar-refractivity contribution in [1.82, 2.24) is 0 Å². The van der Waals surface area contributed by atoms with E-state index in [0.717, 1.165) is 85.5 Å². The number of benzene rings is 13. The van der Waals surface area contributed by atoms with Crippen LogP contribution in [0.4, 0.5) is 22.7 Å². The van der Waals surface area contributed by atoms with E-state index in [2.05, 4.69) is 261 Å². The number of anilines is 3. The summed E-state index contributed by atoms with van der Waals surface area (Å²) in [6, 6.07) is 99.7. The van der Waals surface area contributed by atoms with E-state index in [-0.39, 0.29) is 10.6 Å². The number of hydrogen-bond donors (Lipinski definition) is 0. The molecule has 20 rings (SSSR count). The molecule has 0 N–H and O–H groups in total. The Bertz CT molecular complexity index is 4950. The minimum absolute atomic E-state index is 0.0446. The number of nitrogens with zero attached hydrogens (tertiary/aromatic N) is 2. The molecule has 410 valence electrons. The van der Waals surface area contributed by atoms with E-state index in [1.54, 1.807) is 12.1 Å². The van der Waals surface area contributed by atoms with Crippen LogP contribution in [0.3, 0.4) is 0 Å². The Morgan fingerprint density at radius 1 is 0.364 bits per heavy atom. The zero-order chi connectivity index (χ0) is 57.9. The Kier molecular flexibility index (Phi) is 9.36. The van der Waals surface area contributed by atoms with E-state index in [9.17, 15) is 10.1 Å². The van der Waals surface area contributed by atoms with Crippen LogP contribution in [0.2, 0.25) is 0 Å². The molecule has 3 aliphatic heterocycles. The molecule has 0 atom stereocenters. The molecule has 0 fully saturated rings. The molecule has 88 heavy (non-hydrogen) atoms. The number of ether oxygens (including phenoxy) is 2. The number of non-ortho nitro benzene ring substituents is 1. The first kappa shape index (κ1) is 48.4. The van der Waals surface area contributed by atoms with E-state index in [1.807, 2.05) is 12.1 Å². The van der Waals surface area contributed by atoms with Crippen LogP contribution >= 0.6 is 0 Å². The van der Waals surface area contributed by atoms with Crippen molar-refractivity contribution in [1.29, 1.82) is 0 Å². The van der Waals surface area contributed by atoms with E-state index in [1.165, 1.54) is 89.0 Å². The molecule has 13 aromatic carbocycles. The van der Waals surface area contributed by atoms with Crippen molar-refractivity contribution in [3.8, 4) is 89.8 Å². The number of aryl methyl sites for hydroxylation is 1. The molecule has 7 aliphatic rings. The monoisotopic (exact) mass is 1190 g/mol. The van der Waals surface area contributed by atoms with Gasteiger partial charge in [-0.1, -0.05) is 0 Å². The maximum atomic E-state index is 12.7. The van der Waals surface area contributed by atoms with Crippen LogP contribution in [0.5, 0.6) is 23.0 Å². The van der Waals surface area contributed by atoms with Gasteiger partial charge in [0.1, 0.15) is 0 Å². The number of rotatable bonds is 5. The molecule has 0 unspecified atom stereocenters. The number of hydrogen-bond acceptors (Lipinski definition) is 5. The van der Waals surface area contributed by atoms with Gasteiger partial charge in [0.2, 0.25) is 0 Å². The van der Waals surface area contributed by atoms with Gasteiger partial charge in [-0.25, -0.2) is 0 Å². The second-order valence-corrected chi connectivity index (χ2v) is 32.0. The molecule has 0 amide bonds.